The van der Waals surface area contributed by atoms with E-state index in [9.17, 15) is 5.11 Å². The van der Waals surface area contributed by atoms with Crippen LogP contribution in [0.5, 0.6) is 0 Å². The fourth-order valence-corrected chi connectivity index (χ4v) is 4.00. The van der Waals surface area contributed by atoms with E-state index >= 15 is 0 Å². The van der Waals surface area contributed by atoms with Crippen LogP contribution in [0.15, 0.2) is 0 Å². The van der Waals surface area contributed by atoms with Gasteiger partial charge in [-0.1, -0.05) is 27.7 Å². The topological polar surface area (TPSA) is 20.2 Å². The lowest BCUT2D eigenvalue weighted by Gasteiger charge is -2.20. The number of rotatable bonds is 0. The Bertz CT molecular complexity index is 233. The van der Waals surface area contributed by atoms with E-state index in [-0.39, 0.29) is 6.10 Å². The van der Waals surface area contributed by atoms with Crippen molar-refractivity contribution in [3.05, 3.63) is 0 Å². The van der Waals surface area contributed by atoms with Gasteiger partial charge in [0.2, 0.25) is 0 Å². The van der Waals surface area contributed by atoms with Crippen LogP contribution in [0.25, 0.3) is 0 Å². The van der Waals surface area contributed by atoms with E-state index in [1.165, 1.54) is 19.3 Å². The maximum Gasteiger partial charge on any atom is 0.0565 e. The van der Waals surface area contributed by atoms with Gasteiger partial charge in [0.05, 0.1) is 6.10 Å². The molecule has 5 atom stereocenters. The molecule has 0 aromatic rings. The predicted molar refractivity (Wildman–Crippen MR) is 63.6 cm³/mol. The Labute approximate surface area is 94.3 Å². The SMILES string of the molecule is CC1CCC2C(C(C)CCC1O)C2(C)C. The molecular weight excluding hydrogens is 184 g/mol. The first kappa shape index (κ1) is 11.4. The lowest BCUT2D eigenvalue weighted by Crippen LogP contribution is -2.18. The van der Waals surface area contributed by atoms with Gasteiger partial charge in [0.25, 0.3) is 0 Å². The van der Waals surface area contributed by atoms with Gasteiger partial charge in [-0.15, -0.1) is 0 Å². The van der Waals surface area contributed by atoms with Crippen molar-refractivity contribution in [3.63, 3.8) is 0 Å². The third-order valence-electron chi connectivity index (χ3n) is 5.26. The monoisotopic (exact) mass is 210 g/mol. The minimum Gasteiger partial charge on any atom is -0.393 e. The van der Waals surface area contributed by atoms with E-state index in [1.54, 1.807) is 0 Å². The number of aliphatic hydroxyl groups is 1. The Kier molecular flexibility index (Phi) is 2.87. The Morgan fingerprint density at radius 3 is 2.20 bits per heavy atom. The molecule has 5 unspecified atom stereocenters. The average molecular weight is 210 g/mol. The van der Waals surface area contributed by atoms with Gasteiger partial charge < -0.3 is 5.11 Å². The Morgan fingerprint density at radius 1 is 0.933 bits per heavy atom. The number of aliphatic hydroxyl groups excluding tert-OH is 1. The zero-order valence-corrected chi connectivity index (χ0v) is 10.7. The maximum atomic E-state index is 9.96. The number of hydrogen-bond acceptors (Lipinski definition) is 1. The standard InChI is InChI=1S/C14H26O/c1-9-5-7-11-13(14(11,3)4)10(2)6-8-12(9)15/h9-13,15H,5-8H2,1-4H3. The smallest absolute Gasteiger partial charge is 0.0565 e. The summed E-state index contributed by atoms with van der Waals surface area (Å²) in [7, 11) is 0. The third kappa shape index (κ3) is 1.95. The molecule has 0 aliphatic heterocycles. The quantitative estimate of drug-likeness (QED) is 0.649. The molecule has 2 fully saturated rings. The lowest BCUT2D eigenvalue weighted by molar-refractivity contribution is 0.0950. The van der Waals surface area contributed by atoms with Crippen molar-refractivity contribution in [1.82, 2.24) is 0 Å². The van der Waals surface area contributed by atoms with Crippen molar-refractivity contribution in [3.8, 4) is 0 Å². The summed E-state index contributed by atoms with van der Waals surface area (Å²) in [5.74, 6) is 3.17. The summed E-state index contributed by atoms with van der Waals surface area (Å²) in [5, 5.41) is 9.96. The second-order valence-electron chi connectivity index (χ2n) is 6.63. The largest absolute Gasteiger partial charge is 0.393 e. The molecule has 0 radical (unpaired) electrons. The summed E-state index contributed by atoms with van der Waals surface area (Å²) in [5.41, 5.74) is 0.585. The van der Waals surface area contributed by atoms with Gasteiger partial charge in [0.15, 0.2) is 0 Å². The van der Waals surface area contributed by atoms with E-state index in [0.29, 0.717) is 11.3 Å². The van der Waals surface area contributed by atoms with Crippen LogP contribution >= 0.6 is 0 Å². The minimum atomic E-state index is -0.0481. The van der Waals surface area contributed by atoms with Gasteiger partial charge >= 0.3 is 0 Å². The molecule has 0 amide bonds. The van der Waals surface area contributed by atoms with Gasteiger partial charge in [0, 0.05) is 0 Å². The van der Waals surface area contributed by atoms with Crippen LogP contribution in [-0.2, 0) is 0 Å². The third-order valence-corrected chi connectivity index (χ3v) is 5.26. The van der Waals surface area contributed by atoms with Gasteiger partial charge in [-0.3, -0.25) is 0 Å². The molecule has 0 spiro atoms. The van der Waals surface area contributed by atoms with Crippen molar-refractivity contribution >= 4 is 0 Å². The molecule has 1 nitrogen and oxygen atoms in total. The minimum absolute atomic E-state index is 0.0481. The highest BCUT2D eigenvalue weighted by atomic mass is 16.3. The van der Waals surface area contributed by atoms with Crippen LogP contribution in [0.2, 0.25) is 0 Å². The Hall–Kier alpha value is -0.0400. The van der Waals surface area contributed by atoms with Crippen molar-refractivity contribution in [2.45, 2.75) is 59.5 Å². The van der Waals surface area contributed by atoms with Crippen molar-refractivity contribution in [2.75, 3.05) is 0 Å². The lowest BCUT2D eigenvalue weighted by atomic mass is 9.90. The molecule has 2 aliphatic rings. The molecule has 2 aliphatic carbocycles. The highest BCUT2D eigenvalue weighted by Gasteiger charge is 2.58. The van der Waals surface area contributed by atoms with E-state index < -0.39 is 0 Å². The van der Waals surface area contributed by atoms with Crippen LogP contribution in [0.4, 0.5) is 0 Å². The van der Waals surface area contributed by atoms with Crippen molar-refractivity contribution < 1.29 is 5.11 Å². The molecule has 2 rings (SSSR count). The first-order valence-corrected chi connectivity index (χ1v) is 6.62. The van der Waals surface area contributed by atoms with E-state index in [1.807, 2.05) is 0 Å². The first-order valence-electron chi connectivity index (χ1n) is 6.62. The second-order valence-corrected chi connectivity index (χ2v) is 6.63. The molecule has 0 aromatic carbocycles. The van der Waals surface area contributed by atoms with Gasteiger partial charge in [-0.2, -0.15) is 0 Å². The van der Waals surface area contributed by atoms with Gasteiger partial charge in [-0.05, 0) is 54.8 Å². The Balaban J connectivity index is 2.04. The fraction of sp³-hybridized carbons (Fsp3) is 1.00. The van der Waals surface area contributed by atoms with Crippen molar-refractivity contribution in [2.24, 2.45) is 29.1 Å². The van der Waals surface area contributed by atoms with Crippen LogP contribution in [0.1, 0.15) is 53.4 Å². The summed E-state index contributed by atoms with van der Waals surface area (Å²) in [4.78, 5) is 0. The zero-order valence-electron chi connectivity index (χ0n) is 10.7. The number of fused-ring (bicyclic) bond motifs is 1. The molecule has 0 bridgehead atoms. The summed E-state index contributed by atoms with van der Waals surface area (Å²) in [6.07, 6.45) is 4.74. The summed E-state index contributed by atoms with van der Waals surface area (Å²) < 4.78 is 0. The van der Waals surface area contributed by atoms with Crippen LogP contribution < -0.4 is 0 Å². The van der Waals surface area contributed by atoms with Gasteiger partial charge in [0.1, 0.15) is 0 Å². The second kappa shape index (κ2) is 3.76. The van der Waals surface area contributed by atoms with Crippen LogP contribution in [-0.4, -0.2) is 11.2 Å². The molecule has 88 valence electrons. The summed E-state index contributed by atoms with van der Waals surface area (Å²) >= 11 is 0. The molecular formula is C14H26O. The fourth-order valence-electron chi connectivity index (χ4n) is 4.00. The van der Waals surface area contributed by atoms with E-state index in [2.05, 4.69) is 27.7 Å². The van der Waals surface area contributed by atoms with E-state index in [4.69, 9.17) is 0 Å². The molecule has 0 saturated heterocycles. The average Bonchev–Trinajstić information content (AvgIpc) is 2.70. The van der Waals surface area contributed by atoms with E-state index in [0.717, 1.165) is 24.2 Å². The molecule has 0 heterocycles. The molecule has 1 heteroatoms. The molecule has 15 heavy (non-hydrogen) atoms. The predicted octanol–water partition coefficient (Wildman–Crippen LogP) is 3.47. The first-order chi connectivity index (χ1) is 6.94. The molecule has 1 N–H and O–H groups in total. The summed E-state index contributed by atoms with van der Waals surface area (Å²) in [6.45, 7) is 9.46. The zero-order chi connectivity index (χ0) is 11.2. The molecule has 0 aromatic heterocycles. The Morgan fingerprint density at radius 2 is 1.53 bits per heavy atom. The van der Waals surface area contributed by atoms with Crippen molar-refractivity contribution in [1.29, 1.82) is 0 Å². The number of hydrogen-bond donors (Lipinski definition) is 1. The highest BCUT2D eigenvalue weighted by molar-refractivity contribution is 5.07. The van der Waals surface area contributed by atoms with Crippen LogP contribution in [0, 0.1) is 29.1 Å². The maximum absolute atomic E-state index is 9.96. The normalized spacial score (nSPS) is 49.8. The van der Waals surface area contributed by atoms with Crippen LogP contribution in [0.3, 0.4) is 0 Å². The molecule has 2 saturated carbocycles. The van der Waals surface area contributed by atoms with Gasteiger partial charge in [-0.25, -0.2) is 0 Å². The highest BCUT2D eigenvalue weighted by Crippen LogP contribution is 2.64. The summed E-state index contributed by atoms with van der Waals surface area (Å²) in [6, 6.07) is 0.